The number of aliphatic hydroxyl groups is 1. The molecule has 6 heteroatoms. The van der Waals surface area contributed by atoms with Gasteiger partial charge in [-0.3, -0.25) is 9.89 Å². The first kappa shape index (κ1) is 13.0. The Bertz CT molecular complexity index is 405. The smallest absolute Gasteiger partial charge is 0.293 e. The van der Waals surface area contributed by atoms with E-state index in [9.17, 15) is 4.79 Å². The molecular weight excluding hydrogens is 232 g/mol. The number of H-pyrrole nitrogens is 1. The Balaban J connectivity index is 2.00. The van der Waals surface area contributed by atoms with Crippen LogP contribution in [-0.4, -0.2) is 50.8 Å². The second-order valence-electron chi connectivity index (χ2n) is 4.80. The Kier molecular flexibility index (Phi) is 4.30. The van der Waals surface area contributed by atoms with Gasteiger partial charge in [0, 0.05) is 26.1 Å². The van der Waals surface area contributed by atoms with Crippen molar-refractivity contribution in [3.05, 3.63) is 11.6 Å². The van der Waals surface area contributed by atoms with E-state index in [1.807, 2.05) is 0 Å². The Morgan fingerprint density at radius 2 is 2.44 bits per heavy atom. The van der Waals surface area contributed by atoms with E-state index in [1.54, 1.807) is 4.90 Å². The predicted molar refractivity (Wildman–Crippen MR) is 66.1 cm³/mol. The van der Waals surface area contributed by atoms with Gasteiger partial charge in [-0.2, -0.15) is 0 Å². The zero-order chi connectivity index (χ0) is 13.0. The quantitative estimate of drug-likeness (QED) is 0.822. The Hall–Kier alpha value is -1.43. The number of hydrogen-bond donors (Lipinski definition) is 2. The van der Waals surface area contributed by atoms with E-state index < -0.39 is 0 Å². The first-order valence-corrected chi connectivity index (χ1v) is 6.56. The summed E-state index contributed by atoms with van der Waals surface area (Å²) in [7, 11) is 0. The fourth-order valence-corrected chi connectivity index (χ4v) is 2.28. The van der Waals surface area contributed by atoms with Crippen molar-refractivity contribution >= 4 is 5.91 Å². The molecular formula is C12H20N4O2. The summed E-state index contributed by atoms with van der Waals surface area (Å²) < 4.78 is 0. The van der Waals surface area contributed by atoms with Crippen molar-refractivity contribution in [1.82, 2.24) is 20.1 Å². The summed E-state index contributed by atoms with van der Waals surface area (Å²) in [5.41, 5.74) is 0. The van der Waals surface area contributed by atoms with Crippen molar-refractivity contribution in [2.45, 2.75) is 32.6 Å². The number of carbonyl (C=O) groups excluding carboxylic acids is 1. The number of rotatable bonds is 4. The van der Waals surface area contributed by atoms with Gasteiger partial charge in [0.15, 0.2) is 0 Å². The largest absolute Gasteiger partial charge is 0.396 e. The van der Waals surface area contributed by atoms with Crippen LogP contribution in [0.4, 0.5) is 0 Å². The van der Waals surface area contributed by atoms with Crippen molar-refractivity contribution in [2.75, 3.05) is 19.7 Å². The predicted octanol–water partition coefficient (Wildman–Crippen LogP) is 0.602. The average Bonchev–Trinajstić information content (AvgIpc) is 2.87. The van der Waals surface area contributed by atoms with Crippen LogP contribution in [0.5, 0.6) is 0 Å². The number of aromatic nitrogens is 3. The summed E-state index contributed by atoms with van der Waals surface area (Å²) >= 11 is 0. The first-order chi connectivity index (χ1) is 8.74. The number of aromatic amines is 1. The van der Waals surface area contributed by atoms with Gasteiger partial charge in [-0.25, -0.2) is 4.98 Å². The summed E-state index contributed by atoms with van der Waals surface area (Å²) in [5, 5.41) is 15.9. The Morgan fingerprint density at radius 1 is 1.61 bits per heavy atom. The fourth-order valence-electron chi connectivity index (χ4n) is 2.28. The van der Waals surface area contributed by atoms with Crippen LogP contribution in [0.3, 0.4) is 0 Å². The average molecular weight is 252 g/mol. The molecule has 1 aliphatic rings. The third-order valence-corrected chi connectivity index (χ3v) is 3.27. The molecule has 0 aliphatic carbocycles. The van der Waals surface area contributed by atoms with E-state index in [2.05, 4.69) is 22.1 Å². The molecule has 6 nitrogen and oxygen atoms in total. The molecule has 1 aromatic rings. The van der Waals surface area contributed by atoms with Crippen molar-refractivity contribution < 1.29 is 9.90 Å². The van der Waals surface area contributed by atoms with Gasteiger partial charge in [0.25, 0.3) is 5.91 Å². The molecule has 1 saturated heterocycles. The number of aliphatic hydroxyl groups excluding tert-OH is 1. The van der Waals surface area contributed by atoms with E-state index in [4.69, 9.17) is 5.11 Å². The summed E-state index contributed by atoms with van der Waals surface area (Å²) in [5.74, 6) is 1.07. The minimum Gasteiger partial charge on any atom is -0.396 e. The molecule has 100 valence electrons. The molecule has 1 atom stereocenters. The number of carbonyl (C=O) groups is 1. The lowest BCUT2D eigenvalue weighted by molar-refractivity contribution is 0.0609. The molecule has 1 aromatic heterocycles. The number of amides is 1. The number of nitrogens with one attached hydrogen (secondary N) is 1. The molecule has 0 spiro atoms. The highest BCUT2D eigenvalue weighted by Gasteiger charge is 2.26. The lowest BCUT2D eigenvalue weighted by Crippen LogP contribution is -2.41. The molecule has 1 unspecified atom stereocenters. The van der Waals surface area contributed by atoms with Crippen LogP contribution < -0.4 is 0 Å². The highest BCUT2D eigenvalue weighted by molar-refractivity contribution is 5.90. The van der Waals surface area contributed by atoms with Gasteiger partial charge in [0.05, 0.1) is 0 Å². The molecule has 1 aliphatic heterocycles. The Labute approximate surface area is 106 Å². The van der Waals surface area contributed by atoms with Crippen LogP contribution in [0, 0.1) is 5.92 Å². The number of nitrogens with zero attached hydrogens (tertiary/aromatic N) is 3. The van der Waals surface area contributed by atoms with Crippen LogP contribution in [0.25, 0.3) is 0 Å². The van der Waals surface area contributed by atoms with E-state index >= 15 is 0 Å². The number of likely N-dealkylation sites (tertiary alicyclic amines) is 1. The number of hydrogen-bond acceptors (Lipinski definition) is 4. The molecule has 18 heavy (non-hydrogen) atoms. The minimum atomic E-state index is -0.133. The van der Waals surface area contributed by atoms with E-state index in [0.717, 1.165) is 38.1 Å². The number of aryl methyl sites for hydroxylation is 1. The van der Waals surface area contributed by atoms with E-state index in [-0.39, 0.29) is 24.3 Å². The van der Waals surface area contributed by atoms with Gasteiger partial charge in [0.2, 0.25) is 5.82 Å². The standard InChI is InChI=1S/C12H20N4O2/c1-2-4-10-13-11(15-14-10)12(18)16-6-3-5-9(7-16)8-17/h9,17H,2-8H2,1H3,(H,13,14,15). The monoisotopic (exact) mass is 252 g/mol. The maximum atomic E-state index is 12.2. The van der Waals surface area contributed by atoms with Gasteiger partial charge in [-0.15, -0.1) is 5.10 Å². The third-order valence-electron chi connectivity index (χ3n) is 3.27. The van der Waals surface area contributed by atoms with Crippen LogP contribution >= 0.6 is 0 Å². The second-order valence-corrected chi connectivity index (χ2v) is 4.80. The molecule has 0 aromatic carbocycles. The summed E-state index contributed by atoms with van der Waals surface area (Å²) in [6, 6.07) is 0. The molecule has 2 N–H and O–H groups in total. The SMILES string of the molecule is CCCc1nc(C(=O)N2CCCC(CO)C2)n[nH]1. The zero-order valence-electron chi connectivity index (χ0n) is 10.7. The molecule has 2 heterocycles. The maximum absolute atomic E-state index is 12.2. The van der Waals surface area contributed by atoms with Crippen LogP contribution in [0.15, 0.2) is 0 Å². The summed E-state index contributed by atoms with van der Waals surface area (Å²) in [4.78, 5) is 18.1. The molecule has 1 fully saturated rings. The highest BCUT2D eigenvalue weighted by Crippen LogP contribution is 2.17. The Morgan fingerprint density at radius 3 is 3.17 bits per heavy atom. The van der Waals surface area contributed by atoms with Crippen LogP contribution in [0.1, 0.15) is 42.6 Å². The second kappa shape index (κ2) is 5.95. The van der Waals surface area contributed by atoms with E-state index in [0.29, 0.717) is 6.54 Å². The zero-order valence-corrected chi connectivity index (χ0v) is 10.7. The number of piperidine rings is 1. The summed E-state index contributed by atoms with van der Waals surface area (Å²) in [6.45, 7) is 3.53. The third kappa shape index (κ3) is 2.87. The molecule has 2 rings (SSSR count). The molecule has 0 saturated carbocycles. The van der Waals surface area contributed by atoms with Crippen molar-refractivity contribution in [3.8, 4) is 0 Å². The lowest BCUT2D eigenvalue weighted by Gasteiger charge is -2.30. The van der Waals surface area contributed by atoms with Gasteiger partial charge in [-0.05, 0) is 25.2 Å². The van der Waals surface area contributed by atoms with Crippen molar-refractivity contribution in [1.29, 1.82) is 0 Å². The van der Waals surface area contributed by atoms with Gasteiger partial charge >= 0.3 is 0 Å². The molecule has 1 amide bonds. The van der Waals surface area contributed by atoms with E-state index in [1.165, 1.54) is 0 Å². The summed E-state index contributed by atoms with van der Waals surface area (Å²) in [6.07, 6.45) is 3.69. The van der Waals surface area contributed by atoms with Gasteiger partial charge < -0.3 is 10.0 Å². The van der Waals surface area contributed by atoms with Gasteiger partial charge in [0.1, 0.15) is 5.82 Å². The first-order valence-electron chi connectivity index (χ1n) is 6.56. The lowest BCUT2D eigenvalue weighted by atomic mass is 9.99. The fraction of sp³-hybridized carbons (Fsp3) is 0.750. The van der Waals surface area contributed by atoms with Crippen molar-refractivity contribution in [3.63, 3.8) is 0 Å². The van der Waals surface area contributed by atoms with Crippen LogP contribution in [-0.2, 0) is 6.42 Å². The molecule has 0 radical (unpaired) electrons. The minimum absolute atomic E-state index is 0.133. The maximum Gasteiger partial charge on any atom is 0.293 e. The topological polar surface area (TPSA) is 82.1 Å². The van der Waals surface area contributed by atoms with Crippen LogP contribution in [0.2, 0.25) is 0 Å². The van der Waals surface area contributed by atoms with Crippen molar-refractivity contribution in [2.24, 2.45) is 5.92 Å². The molecule has 0 bridgehead atoms. The highest BCUT2D eigenvalue weighted by atomic mass is 16.3. The van der Waals surface area contributed by atoms with Gasteiger partial charge in [-0.1, -0.05) is 6.92 Å². The normalized spacial score (nSPS) is 20.1.